The predicted molar refractivity (Wildman–Crippen MR) is 166 cm³/mol. The van der Waals surface area contributed by atoms with Gasteiger partial charge in [-0.3, -0.25) is 29.2 Å². The zero-order valence-electron chi connectivity index (χ0n) is 25.9. The maximum atomic E-state index is 15.7. The topological polar surface area (TPSA) is 115 Å². The van der Waals surface area contributed by atoms with E-state index in [9.17, 15) is 9.59 Å². The van der Waals surface area contributed by atoms with Gasteiger partial charge in [-0.05, 0) is 56.4 Å². The second-order valence-electron chi connectivity index (χ2n) is 11.9. The van der Waals surface area contributed by atoms with Crippen LogP contribution in [0.25, 0.3) is 28.7 Å². The quantitative estimate of drug-likeness (QED) is 0.194. The molecule has 2 aromatic heterocycles. The molecule has 2 aromatic carbocycles. The van der Waals surface area contributed by atoms with Gasteiger partial charge in [0, 0.05) is 29.2 Å². The minimum atomic E-state index is -0.671. The van der Waals surface area contributed by atoms with E-state index in [4.69, 9.17) is 9.82 Å². The van der Waals surface area contributed by atoms with Crippen LogP contribution in [-0.4, -0.2) is 25.8 Å². The molecule has 0 fully saturated rings. The number of hydroxylamine groups is 1. The fourth-order valence-corrected chi connectivity index (χ4v) is 4.63. The first kappa shape index (κ1) is 31.6. The van der Waals surface area contributed by atoms with Crippen LogP contribution < -0.4 is 16.8 Å². The van der Waals surface area contributed by atoms with Gasteiger partial charge in [-0.15, -0.1) is 0 Å². The number of aromatic amines is 1. The molecular weight excluding hydrogens is 549 g/mol. The van der Waals surface area contributed by atoms with Crippen molar-refractivity contribution < 1.29 is 13.8 Å². The Bertz CT molecular complexity index is 1730. The van der Waals surface area contributed by atoms with Crippen LogP contribution >= 0.6 is 0 Å². The number of halogens is 1. The van der Waals surface area contributed by atoms with Gasteiger partial charge in [0.05, 0.1) is 17.5 Å². The molecule has 0 bridgehead atoms. The molecule has 43 heavy (non-hydrogen) atoms. The minimum absolute atomic E-state index is 0.0650. The number of aryl methyl sites for hydroxylation is 2. The van der Waals surface area contributed by atoms with Gasteiger partial charge in [0.1, 0.15) is 11.6 Å². The number of allylic oxidation sites excluding steroid dienone is 1. The molecule has 9 nitrogen and oxygen atoms in total. The number of nitrogens with one attached hydrogen (secondary N) is 2. The number of hydrogen-bond acceptors (Lipinski definition) is 7. The lowest BCUT2D eigenvalue weighted by Gasteiger charge is -2.25. The van der Waals surface area contributed by atoms with Crippen molar-refractivity contribution >= 4 is 6.20 Å². The predicted octanol–water partition coefficient (Wildman–Crippen LogP) is 6.41. The number of hydrogen-bond donors (Lipinski definition) is 2. The summed E-state index contributed by atoms with van der Waals surface area (Å²) in [5, 5.41) is 3.78. The van der Waals surface area contributed by atoms with Gasteiger partial charge in [0.2, 0.25) is 0 Å². The van der Waals surface area contributed by atoms with Crippen LogP contribution in [-0.2, 0) is 17.7 Å². The van der Waals surface area contributed by atoms with Crippen molar-refractivity contribution in [1.82, 2.24) is 25.2 Å². The van der Waals surface area contributed by atoms with Crippen molar-refractivity contribution in [3.05, 3.63) is 97.5 Å². The van der Waals surface area contributed by atoms with Gasteiger partial charge in [0.15, 0.2) is 5.82 Å². The number of H-pyrrole nitrogens is 1. The Balaban J connectivity index is 1.77. The van der Waals surface area contributed by atoms with Crippen molar-refractivity contribution in [3.63, 3.8) is 0 Å². The highest BCUT2D eigenvalue weighted by Crippen LogP contribution is 2.31. The monoisotopic (exact) mass is 589 g/mol. The zero-order chi connectivity index (χ0) is 31.3. The van der Waals surface area contributed by atoms with Crippen molar-refractivity contribution in [3.8, 4) is 22.5 Å². The Hall–Kier alpha value is -4.31. The van der Waals surface area contributed by atoms with E-state index in [1.165, 1.54) is 10.6 Å². The van der Waals surface area contributed by atoms with Gasteiger partial charge >= 0.3 is 5.76 Å². The Morgan fingerprint density at radius 3 is 2.49 bits per heavy atom. The first-order valence-electron chi connectivity index (χ1n) is 14.6. The molecular formula is C33H40FN5O4. The summed E-state index contributed by atoms with van der Waals surface area (Å²) >= 11 is 0. The lowest BCUT2D eigenvalue weighted by atomic mass is 9.93. The lowest BCUT2D eigenvalue weighted by Crippen LogP contribution is -2.31. The molecule has 2 heterocycles. The summed E-state index contributed by atoms with van der Waals surface area (Å²) in [5.74, 6) is -0.318. The fraction of sp³-hybridized carbons (Fsp3) is 0.394. The molecule has 0 amide bonds. The molecule has 4 aromatic rings. The van der Waals surface area contributed by atoms with Gasteiger partial charge in [-0.2, -0.15) is 0 Å². The van der Waals surface area contributed by atoms with E-state index in [1.807, 2.05) is 46.8 Å². The summed E-state index contributed by atoms with van der Waals surface area (Å²) in [6.45, 7) is 13.8. The fourth-order valence-electron chi connectivity index (χ4n) is 4.63. The Kier molecular flexibility index (Phi) is 9.80. The van der Waals surface area contributed by atoms with Gasteiger partial charge < -0.3 is 0 Å². The maximum absolute atomic E-state index is 15.7. The van der Waals surface area contributed by atoms with Crippen LogP contribution in [0.15, 0.2) is 62.3 Å². The van der Waals surface area contributed by atoms with E-state index in [2.05, 4.69) is 27.1 Å². The number of unbranched alkanes of at least 4 members (excludes halogenated alkanes) is 1. The highest BCUT2D eigenvalue weighted by Gasteiger charge is 2.22. The highest BCUT2D eigenvalue weighted by molar-refractivity contribution is 5.80. The first-order chi connectivity index (χ1) is 20.4. The van der Waals surface area contributed by atoms with Crippen molar-refractivity contribution in [2.75, 3.05) is 0 Å². The molecule has 4 rings (SSSR count). The smallest absolute Gasteiger partial charge is 0.296 e. The third-order valence-corrected chi connectivity index (χ3v) is 7.06. The second-order valence-corrected chi connectivity index (χ2v) is 11.9. The van der Waals surface area contributed by atoms with E-state index < -0.39 is 11.6 Å². The first-order valence-corrected chi connectivity index (χ1v) is 14.6. The summed E-state index contributed by atoms with van der Waals surface area (Å²) in [6.07, 6.45) is 4.17. The molecule has 10 heteroatoms. The molecule has 0 atom stereocenters. The third-order valence-electron chi connectivity index (χ3n) is 7.06. The molecule has 0 unspecified atom stereocenters. The minimum Gasteiger partial charge on any atom is -0.296 e. The van der Waals surface area contributed by atoms with Gasteiger partial charge in [-0.1, -0.05) is 75.7 Å². The van der Waals surface area contributed by atoms with E-state index >= 15 is 4.39 Å². The number of nitrogens with zero attached hydrogens (tertiary/aromatic N) is 3. The molecule has 0 saturated carbocycles. The SMILES string of the molecule is CCCCc1nc(C)n(/C=C(\NOC(C)C)C(C)(C)C)c(=O)c1Cc1ccc(-c2ccccc2-c2noc(=O)[nH]2)cc1F. The van der Waals surface area contributed by atoms with Gasteiger partial charge in [0.25, 0.3) is 5.56 Å². The normalized spacial score (nSPS) is 12.3. The molecule has 0 saturated heterocycles. The summed E-state index contributed by atoms with van der Waals surface area (Å²) < 4.78 is 21.9. The second kappa shape index (κ2) is 13.3. The molecule has 0 aliphatic heterocycles. The van der Waals surface area contributed by atoms with Crippen molar-refractivity contribution in [1.29, 1.82) is 0 Å². The van der Waals surface area contributed by atoms with Gasteiger partial charge in [-0.25, -0.2) is 14.2 Å². The van der Waals surface area contributed by atoms with E-state index in [0.717, 1.165) is 12.8 Å². The number of aromatic nitrogens is 4. The van der Waals surface area contributed by atoms with Crippen LogP contribution in [0.1, 0.15) is 77.0 Å². The van der Waals surface area contributed by atoms with Crippen LogP contribution in [0.2, 0.25) is 0 Å². The molecule has 0 aliphatic carbocycles. The summed E-state index contributed by atoms with van der Waals surface area (Å²) in [7, 11) is 0. The summed E-state index contributed by atoms with van der Waals surface area (Å²) in [4.78, 5) is 38.6. The van der Waals surface area contributed by atoms with E-state index in [1.54, 1.807) is 37.4 Å². The molecule has 0 radical (unpaired) electrons. The largest absolute Gasteiger partial charge is 0.439 e. The number of benzene rings is 2. The molecule has 2 N–H and O–H groups in total. The standard InChI is InChI=1S/C33H40FN5O4/c1-8-9-14-28-26(31(40)39(21(4)35-28)19-29(33(5,6)7)37-42-20(2)3)17-23-16-15-22(18-27(23)34)24-12-10-11-13-25(24)30-36-32(41)43-38-30/h10-13,15-16,18-20,37H,8-9,14,17H2,1-7H3,(H,36,38,41)/b29-19-. The average Bonchev–Trinajstić information content (AvgIpc) is 3.39. The van der Waals surface area contributed by atoms with Crippen molar-refractivity contribution in [2.24, 2.45) is 5.41 Å². The van der Waals surface area contributed by atoms with E-state index in [0.29, 0.717) is 51.5 Å². The summed E-state index contributed by atoms with van der Waals surface area (Å²) in [6, 6.07) is 12.1. The summed E-state index contributed by atoms with van der Waals surface area (Å²) in [5.41, 5.74) is 6.53. The Morgan fingerprint density at radius 2 is 1.88 bits per heavy atom. The average molecular weight is 590 g/mol. The lowest BCUT2D eigenvalue weighted by molar-refractivity contribution is 0.00470. The van der Waals surface area contributed by atoms with E-state index in [-0.39, 0.29) is 29.3 Å². The maximum Gasteiger partial charge on any atom is 0.439 e. The Labute approximate surface area is 250 Å². The molecule has 0 aliphatic rings. The molecule has 0 spiro atoms. The van der Waals surface area contributed by atoms with Crippen LogP contribution in [0.5, 0.6) is 0 Å². The number of rotatable bonds is 11. The van der Waals surface area contributed by atoms with Crippen molar-refractivity contribution in [2.45, 2.75) is 80.3 Å². The van der Waals surface area contributed by atoms with Crippen LogP contribution in [0, 0.1) is 18.2 Å². The highest BCUT2D eigenvalue weighted by atomic mass is 19.1. The third kappa shape index (κ3) is 7.56. The Morgan fingerprint density at radius 1 is 1.16 bits per heavy atom. The molecule has 228 valence electrons. The zero-order valence-corrected chi connectivity index (χ0v) is 25.9. The van der Waals surface area contributed by atoms with Crippen LogP contribution in [0.3, 0.4) is 0 Å². The van der Waals surface area contributed by atoms with Crippen LogP contribution in [0.4, 0.5) is 4.39 Å².